The second kappa shape index (κ2) is 8.51. The zero-order chi connectivity index (χ0) is 22.1. The van der Waals surface area contributed by atoms with Crippen LogP contribution in [0.15, 0.2) is 54.7 Å². The highest BCUT2D eigenvalue weighted by Crippen LogP contribution is 2.35. The zero-order valence-electron chi connectivity index (χ0n) is 17.0. The van der Waals surface area contributed by atoms with Crippen LogP contribution in [-0.2, 0) is 29.4 Å². The molecule has 2 aromatic carbocycles. The van der Waals surface area contributed by atoms with E-state index < -0.39 is 0 Å². The topological polar surface area (TPSA) is 91.8 Å². The van der Waals surface area contributed by atoms with Gasteiger partial charge in [-0.1, -0.05) is 30.3 Å². The molecule has 9 heteroatoms. The number of benzene rings is 2. The number of amides is 2. The van der Waals surface area contributed by atoms with Crippen LogP contribution >= 0.6 is 11.8 Å². The Hall–Kier alpha value is -3.59. The number of hydrogen-bond donors (Lipinski definition) is 3. The van der Waals surface area contributed by atoms with Crippen LogP contribution in [0, 0.1) is 5.82 Å². The van der Waals surface area contributed by atoms with Gasteiger partial charge in [0.1, 0.15) is 18.2 Å². The molecule has 0 unspecified atom stereocenters. The third kappa shape index (κ3) is 3.99. The Kier molecular flexibility index (Phi) is 5.40. The summed E-state index contributed by atoms with van der Waals surface area (Å²) in [5.41, 5.74) is 4.05. The lowest BCUT2D eigenvalue weighted by Gasteiger charge is -2.11. The number of aromatic nitrogens is 3. The molecule has 1 aliphatic rings. The van der Waals surface area contributed by atoms with E-state index in [0.717, 1.165) is 39.2 Å². The van der Waals surface area contributed by atoms with E-state index in [9.17, 15) is 14.0 Å². The minimum Gasteiger partial charge on any atom is -0.360 e. The number of halogens is 1. The Labute approximate surface area is 187 Å². The van der Waals surface area contributed by atoms with Crippen LogP contribution in [0.25, 0.3) is 10.9 Å². The molecule has 0 aliphatic carbocycles. The standard InChI is InChI=1S/C23H20FN5O2S/c24-15-7-5-14(6-8-15)9-26-21(30)11-29-22(18-12-32-13-20(18)28-29)27-23(31)17-10-25-19-4-2-1-3-16(17)19/h1-8,10,25H,9,11-13H2,(H,26,30)(H,27,31). The number of thioether (sulfide) groups is 1. The minimum atomic E-state index is -0.320. The van der Waals surface area contributed by atoms with Gasteiger partial charge in [-0.3, -0.25) is 9.59 Å². The molecule has 162 valence electrons. The SMILES string of the molecule is O=C(Cn1nc2c(c1NC(=O)c1c[nH]c3ccccc13)CSC2)NCc1ccc(F)cc1. The highest BCUT2D eigenvalue weighted by molar-refractivity contribution is 7.98. The number of aromatic amines is 1. The van der Waals surface area contributed by atoms with Crippen molar-refractivity contribution in [3.8, 4) is 0 Å². The molecule has 4 aromatic rings. The van der Waals surface area contributed by atoms with Crippen molar-refractivity contribution in [3.05, 3.63) is 82.9 Å². The summed E-state index contributed by atoms with van der Waals surface area (Å²) < 4.78 is 14.6. The van der Waals surface area contributed by atoms with Crippen LogP contribution < -0.4 is 10.6 Å². The van der Waals surface area contributed by atoms with E-state index in [0.29, 0.717) is 11.4 Å². The monoisotopic (exact) mass is 449 g/mol. The summed E-state index contributed by atoms with van der Waals surface area (Å²) in [5.74, 6) is 1.21. The summed E-state index contributed by atoms with van der Waals surface area (Å²) in [6.45, 7) is 0.259. The maximum Gasteiger partial charge on any atom is 0.258 e. The highest BCUT2D eigenvalue weighted by Gasteiger charge is 2.25. The predicted octanol–water partition coefficient (Wildman–Crippen LogP) is 3.82. The molecule has 0 saturated carbocycles. The fraction of sp³-hybridized carbons (Fsp3) is 0.174. The summed E-state index contributed by atoms with van der Waals surface area (Å²) in [6.07, 6.45) is 1.69. The van der Waals surface area contributed by atoms with E-state index in [1.165, 1.54) is 12.1 Å². The van der Waals surface area contributed by atoms with Gasteiger partial charge in [0.25, 0.3) is 5.91 Å². The number of fused-ring (bicyclic) bond motifs is 2. The number of para-hydroxylation sites is 1. The van der Waals surface area contributed by atoms with Crippen molar-refractivity contribution in [2.24, 2.45) is 0 Å². The van der Waals surface area contributed by atoms with Crippen LogP contribution in [0.2, 0.25) is 0 Å². The maximum absolute atomic E-state index is 13.1. The molecule has 3 heterocycles. The first-order valence-electron chi connectivity index (χ1n) is 10.1. The van der Waals surface area contributed by atoms with Gasteiger partial charge < -0.3 is 15.6 Å². The summed E-state index contributed by atoms with van der Waals surface area (Å²) in [5, 5.41) is 11.2. The van der Waals surface area contributed by atoms with E-state index in [1.54, 1.807) is 34.8 Å². The Balaban J connectivity index is 1.33. The van der Waals surface area contributed by atoms with Gasteiger partial charge in [0.15, 0.2) is 0 Å². The van der Waals surface area contributed by atoms with Gasteiger partial charge in [0.05, 0.1) is 11.3 Å². The minimum absolute atomic E-state index is 0.0254. The highest BCUT2D eigenvalue weighted by atomic mass is 32.2. The number of nitrogens with zero attached hydrogens (tertiary/aromatic N) is 2. The molecule has 2 amide bonds. The zero-order valence-corrected chi connectivity index (χ0v) is 17.8. The van der Waals surface area contributed by atoms with Crippen molar-refractivity contribution in [3.63, 3.8) is 0 Å². The molecule has 7 nitrogen and oxygen atoms in total. The van der Waals surface area contributed by atoms with Gasteiger partial charge in [-0.15, -0.1) is 0 Å². The molecular weight excluding hydrogens is 429 g/mol. The van der Waals surface area contributed by atoms with Gasteiger partial charge >= 0.3 is 0 Å². The molecule has 1 aliphatic heterocycles. The fourth-order valence-corrected chi connectivity index (χ4v) is 4.78. The number of nitrogens with one attached hydrogen (secondary N) is 3. The van der Waals surface area contributed by atoms with Crippen LogP contribution in [0.1, 0.15) is 27.2 Å². The number of carbonyl (C=O) groups is 2. The van der Waals surface area contributed by atoms with E-state index in [-0.39, 0.29) is 30.7 Å². The second-order valence-corrected chi connectivity index (χ2v) is 8.52. The van der Waals surface area contributed by atoms with Gasteiger partial charge in [0.2, 0.25) is 5.91 Å². The molecule has 3 N–H and O–H groups in total. The van der Waals surface area contributed by atoms with Crippen molar-refractivity contribution in [2.75, 3.05) is 5.32 Å². The van der Waals surface area contributed by atoms with E-state index in [1.807, 2.05) is 24.3 Å². The third-order valence-corrected chi connectivity index (χ3v) is 6.35. The van der Waals surface area contributed by atoms with Gasteiger partial charge in [-0.25, -0.2) is 9.07 Å². The second-order valence-electron chi connectivity index (χ2n) is 7.53. The molecule has 0 saturated heterocycles. The van der Waals surface area contributed by atoms with Crippen molar-refractivity contribution in [1.82, 2.24) is 20.1 Å². The van der Waals surface area contributed by atoms with Gasteiger partial charge in [0, 0.05) is 40.7 Å². The summed E-state index contributed by atoms with van der Waals surface area (Å²) >= 11 is 1.72. The molecule has 2 aromatic heterocycles. The lowest BCUT2D eigenvalue weighted by Crippen LogP contribution is -2.28. The summed E-state index contributed by atoms with van der Waals surface area (Å²) in [4.78, 5) is 28.7. The van der Waals surface area contributed by atoms with Crippen molar-refractivity contribution >= 4 is 40.3 Å². The molecule has 32 heavy (non-hydrogen) atoms. The van der Waals surface area contributed by atoms with Crippen LogP contribution in [-0.4, -0.2) is 26.6 Å². The largest absolute Gasteiger partial charge is 0.360 e. The average Bonchev–Trinajstić information content (AvgIpc) is 3.50. The molecule has 0 spiro atoms. The molecule has 0 radical (unpaired) electrons. The maximum atomic E-state index is 13.1. The van der Waals surface area contributed by atoms with Crippen molar-refractivity contribution < 1.29 is 14.0 Å². The lowest BCUT2D eigenvalue weighted by atomic mass is 10.1. The first kappa shape index (κ1) is 20.3. The number of carbonyl (C=O) groups excluding carboxylic acids is 2. The Morgan fingerprint density at radius 2 is 1.94 bits per heavy atom. The molecule has 0 bridgehead atoms. The Bertz CT molecular complexity index is 1310. The summed E-state index contributed by atoms with van der Waals surface area (Å²) in [6, 6.07) is 13.6. The third-order valence-electron chi connectivity index (χ3n) is 5.38. The molecular formula is C23H20FN5O2S. The average molecular weight is 450 g/mol. The number of H-pyrrole nitrogens is 1. The normalized spacial score (nSPS) is 12.7. The molecule has 0 atom stereocenters. The van der Waals surface area contributed by atoms with Crippen molar-refractivity contribution in [2.45, 2.75) is 24.6 Å². The number of anilines is 1. The number of rotatable bonds is 6. The first-order valence-corrected chi connectivity index (χ1v) is 11.3. The fourth-order valence-electron chi connectivity index (χ4n) is 3.75. The lowest BCUT2D eigenvalue weighted by molar-refractivity contribution is -0.122. The summed E-state index contributed by atoms with van der Waals surface area (Å²) in [7, 11) is 0. The van der Waals surface area contributed by atoms with E-state index >= 15 is 0 Å². The Morgan fingerprint density at radius 1 is 1.12 bits per heavy atom. The van der Waals surface area contributed by atoms with Crippen LogP contribution in [0.4, 0.5) is 10.2 Å². The van der Waals surface area contributed by atoms with Crippen molar-refractivity contribution in [1.29, 1.82) is 0 Å². The van der Waals surface area contributed by atoms with Gasteiger partial charge in [-0.05, 0) is 23.8 Å². The molecule has 0 fully saturated rings. The smallest absolute Gasteiger partial charge is 0.258 e. The molecule has 5 rings (SSSR count). The van der Waals surface area contributed by atoms with Crippen LogP contribution in [0.5, 0.6) is 0 Å². The van der Waals surface area contributed by atoms with Gasteiger partial charge in [-0.2, -0.15) is 16.9 Å². The van der Waals surface area contributed by atoms with E-state index in [4.69, 9.17) is 0 Å². The number of hydrogen-bond acceptors (Lipinski definition) is 4. The Morgan fingerprint density at radius 3 is 2.78 bits per heavy atom. The predicted molar refractivity (Wildman–Crippen MR) is 122 cm³/mol. The first-order chi connectivity index (χ1) is 15.6. The quantitative estimate of drug-likeness (QED) is 0.417. The van der Waals surface area contributed by atoms with E-state index in [2.05, 4.69) is 20.7 Å². The van der Waals surface area contributed by atoms with Crippen LogP contribution in [0.3, 0.4) is 0 Å².